The molecule has 5 heteroatoms. The maximum atomic E-state index is 12.0. The van der Waals surface area contributed by atoms with Crippen LogP contribution in [0.4, 0.5) is 0 Å². The average molecular weight is 281 g/mol. The molecule has 1 rings (SSSR count). The van der Waals surface area contributed by atoms with Gasteiger partial charge in [0.25, 0.3) is 5.91 Å². The quantitative estimate of drug-likeness (QED) is 0.801. The van der Waals surface area contributed by atoms with Gasteiger partial charge in [-0.2, -0.15) is 5.10 Å². The Morgan fingerprint density at radius 1 is 1.40 bits per heavy atom. The van der Waals surface area contributed by atoms with Gasteiger partial charge in [0, 0.05) is 19.3 Å². The first kappa shape index (κ1) is 16.7. The van der Waals surface area contributed by atoms with Crippen molar-refractivity contribution in [3.63, 3.8) is 0 Å². The van der Waals surface area contributed by atoms with E-state index in [1.807, 2.05) is 27.7 Å². The molecule has 0 saturated heterocycles. The lowest BCUT2D eigenvalue weighted by Gasteiger charge is -2.21. The molecule has 1 aromatic rings. The number of aliphatic hydroxyl groups excluding tert-OH is 1. The molecular weight excluding hydrogens is 254 g/mol. The van der Waals surface area contributed by atoms with Gasteiger partial charge in [-0.25, -0.2) is 0 Å². The molecule has 1 aromatic heterocycles. The monoisotopic (exact) mass is 281 g/mol. The van der Waals surface area contributed by atoms with Gasteiger partial charge >= 0.3 is 0 Å². The fraction of sp³-hybridized carbons (Fsp3) is 0.733. The summed E-state index contributed by atoms with van der Waals surface area (Å²) in [7, 11) is 1.75. The highest BCUT2D eigenvalue weighted by Gasteiger charge is 2.20. The van der Waals surface area contributed by atoms with E-state index in [4.69, 9.17) is 0 Å². The van der Waals surface area contributed by atoms with Crippen molar-refractivity contribution in [3.8, 4) is 0 Å². The van der Waals surface area contributed by atoms with Crippen molar-refractivity contribution >= 4 is 5.91 Å². The standard InChI is InChI=1S/C15H27N3O2/c1-10(2)9-14(19)15(20)18(5)8-6-7-13-11(3)16-17-12(13)4/h10,14,19H,6-9H2,1-5H3,(H,16,17)/t14-/m0/s1. The highest BCUT2D eigenvalue weighted by atomic mass is 16.3. The number of aromatic amines is 1. The summed E-state index contributed by atoms with van der Waals surface area (Å²) in [4.78, 5) is 13.6. The van der Waals surface area contributed by atoms with Gasteiger partial charge < -0.3 is 10.0 Å². The number of carbonyl (C=O) groups excluding carboxylic acids is 1. The third-order valence-corrected chi connectivity index (χ3v) is 3.56. The van der Waals surface area contributed by atoms with Crippen LogP contribution >= 0.6 is 0 Å². The van der Waals surface area contributed by atoms with Crippen LogP contribution in [-0.2, 0) is 11.2 Å². The largest absolute Gasteiger partial charge is 0.383 e. The molecule has 1 atom stereocenters. The molecule has 114 valence electrons. The second-order valence-electron chi connectivity index (χ2n) is 5.92. The number of H-pyrrole nitrogens is 1. The van der Waals surface area contributed by atoms with Gasteiger partial charge in [0.1, 0.15) is 6.10 Å². The molecule has 0 saturated carbocycles. The van der Waals surface area contributed by atoms with Gasteiger partial charge in [-0.1, -0.05) is 13.8 Å². The Hall–Kier alpha value is -1.36. The lowest BCUT2D eigenvalue weighted by Crippen LogP contribution is -2.37. The topological polar surface area (TPSA) is 69.2 Å². The van der Waals surface area contributed by atoms with Gasteiger partial charge in [0.15, 0.2) is 0 Å². The van der Waals surface area contributed by atoms with Crippen molar-refractivity contribution in [3.05, 3.63) is 17.0 Å². The molecule has 2 N–H and O–H groups in total. The summed E-state index contributed by atoms with van der Waals surface area (Å²) >= 11 is 0. The molecule has 0 unspecified atom stereocenters. The van der Waals surface area contributed by atoms with Crippen molar-refractivity contribution in [2.75, 3.05) is 13.6 Å². The van der Waals surface area contributed by atoms with E-state index >= 15 is 0 Å². The molecule has 5 nitrogen and oxygen atoms in total. The minimum atomic E-state index is -0.877. The first-order valence-electron chi connectivity index (χ1n) is 7.26. The number of hydrogen-bond acceptors (Lipinski definition) is 3. The van der Waals surface area contributed by atoms with Crippen molar-refractivity contribution in [2.45, 2.75) is 53.1 Å². The summed E-state index contributed by atoms with van der Waals surface area (Å²) in [5.74, 6) is 0.137. The van der Waals surface area contributed by atoms with Crippen LogP contribution < -0.4 is 0 Å². The zero-order chi connectivity index (χ0) is 15.3. The Bertz CT molecular complexity index is 421. The predicted octanol–water partition coefficient (Wildman–Crippen LogP) is 1.82. The van der Waals surface area contributed by atoms with Crippen LogP contribution in [0.2, 0.25) is 0 Å². The van der Waals surface area contributed by atoms with Gasteiger partial charge in [-0.15, -0.1) is 0 Å². The van der Waals surface area contributed by atoms with E-state index in [1.165, 1.54) is 5.56 Å². The summed E-state index contributed by atoms with van der Waals surface area (Å²) in [6, 6.07) is 0. The molecule has 0 aromatic carbocycles. The number of likely N-dealkylation sites (N-methyl/N-ethyl adjacent to an activating group) is 1. The van der Waals surface area contributed by atoms with Crippen molar-refractivity contribution in [1.29, 1.82) is 0 Å². The van der Waals surface area contributed by atoms with Crippen LogP contribution in [0.1, 0.15) is 43.6 Å². The molecule has 0 radical (unpaired) electrons. The SMILES string of the molecule is Cc1n[nH]c(C)c1CCCN(C)C(=O)[C@@H](O)CC(C)C. The summed E-state index contributed by atoms with van der Waals surface area (Å²) in [5, 5.41) is 17.0. The number of carbonyl (C=O) groups is 1. The number of nitrogens with zero attached hydrogens (tertiary/aromatic N) is 2. The number of aromatic nitrogens is 2. The number of nitrogens with one attached hydrogen (secondary N) is 1. The predicted molar refractivity (Wildman–Crippen MR) is 79.5 cm³/mol. The van der Waals surface area contributed by atoms with Gasteiger partial charge in [-0.3, -0.25) is 9.89 Å². The van der Waals surface area contributed by atoms with E-state index < -0.39 is 6.10 Å². The minimum absolute atomic E-state index is 0.181. The number of hydrogen-bond donors (Lipinski definition) is 2. The van der Waals surface area contributed by atoms with Crippen LogP contribution in [0.5, 0.6) is 0 Å². The Morgan fingerprint density at radius 2 is 2.05 bits per heavy atom. The zero-order valence-electron chi connectivity index (χ0n) is 13.2. The molecule has 0 fully saturated rings. The van der Waals surface area contributed by atoms with E-state index in [-0.39, 0.29) is 5.91 Å². The average Bonchev–Trinajstić information content (AvgIpc) is 2.68. The van der Waals surface area contributed by atoms with Crippen molar-refractivity contribution < 1.29 is 9.90 Å². The van der Waals surface area contributed by atoms with E-state index in [0.717, 1.165) is 24.2 Å². The number of aryl methyl sites for hydroxylation is 2. The molecule has 20 heavy (non-hydrogen) atoms. The van der Waals surface area contributed by atoms with Gasteiger partial charge in [0.2, 0.25) is 0 Å². The summed E-state index contributed by atoms with van der Waals surface area (Å²) < 4.78 is 0. The third kappa shape index (κ3) is 4.63. The molecule has 0 bridgehead atoms. The summed E-state index contributed by atoms with van der Waals surface area (Å²) in [6.45, 7) is 8.65. The van der Waals surface area contributed by atoms with Crippen molar-refractivity contribution in [1.82, 2.24) is 15.1 Å². The molecule has 0 aliphatic rings. The Morgan fingerprint density at radius 3 is 2.55 bits per heavy atom. The first-order valence-corrected chi connectivity index (χ1v) is 7.26. The van der Waals surface area contributed by atoms with E-state index in [2.05, 4.69) is 10.2 Å². The zero-order valence-corrected chi connectivity index (χ0v) is 13.2. The highest BCUT2D eigenvalue weighted by molar-refractivity contribution is 5.80. The normalized spacial score (nSPS) is 12.8. The van der Waals surface area contributed by atoms with Gasteiger partial charge in [0.05, 0.1) is 5.69 Å². The van der Waals surface area contributed by atoms with Crippen LogP contribution in [-0.4, -0.2) is 45.8 Å². The lowest BCUT2D eigenvalue weighted by atomic mass is 10.0. The van der Waals surface area contributed by atoms with E-state index in [9.17, 15) is 9.90 Å². The Kier molecular flexibility index (Phi) is 6.20. The smallest absolute Gasteiger partial charge is 0.251 e. The fourth-order valence-electron chi connectivity index (χ4n) is 2.35. The van der Waals surface area contributed by atoms with Crippen LogP contribution in [0.3, 0.4) is 0 Å². The second-order valence-corrected chi connectivity index (χ2v) is 5.92. The molecule has 0 aliphatic carbocycles. The summed E-state index contributed by atoms with van der Waals surface area (Å²) in [6.07, 6.45) is 1.41. The first-order chi connectivity index (χ1) is 9.32. The summed E-state index contributed by atoms with van der Waals surface area (Å²) in [5.41, 5.74) is 3.35. The van der Waals surface area contributed by atoms with Gasteiger partial charge in [-0.05, 0) is 44.6 Å². The number of rotatable bonds is 7. The molecule has 0 spiro atoms. The number of aliphatic hydroxyl groups is 1. The maximum absolute atomic E-state index is 12.0. The van der Waals surface area contributed by atoms with Crippen molar-refractivity contribution in [2.24, 2.45) is 5.92 Å². The molecule has 0 aliphatic heterocycles. The maximum Gasteiger partial charge on any atom is 0.251 e. The Labute approximate surface area is 121 Å². The lowest BCUT2D eigenvalue weighted by molar-refractivity contribution is -0.139. The molecule has 1 heterocycles. The molecular formula is C15H27N3O2. The Balaban J connectivity index is 2.40. The van der Waals surface area contributed by atoms with Crippen LogP contribution in [0, 0.1) is 19.8 Å². The second kappa shape index (κ2) is 7.43. The highest BCUT2D eigenvalue weighted by Crippen LogP contribution is 2.12. The van der Waals surface area contributed by atoms with Crippen LogP contribution in [0.15, 0.2) is 0 Å². The molecule has 1 amide bonds. The fourth-order valence-corrected chi connectivity index (χ4v) is 2.35. The van der Waals surface area contributed by atoms with E-state index in [1.54, 1.807) is 11.9 Å². The third-order valence-electron chi connectivity index (χ3n) is 3.56. The number of amides is 1. The van der Waals surface area contributed by atoms with E-state index in [0.29, 0.717) is 18.9 Å². The van der Waals surface area contributed by atoms with Crippen LogP contribution in [0.25, 0.3) is 0 Å². The minimum Gasteiger partial charge on any atom is -0.383 e.